The molecular formula is C13H21N3O2. The molecule has 1 aliphatic heterocycles. The van der Waals surface area contributed by atoms with Crippen molar-refractivity contribution < 1.29 is 9.26 Å². The number of hydrogen-bond donors (Lipinski definition) is 1. The standard InChI is InChI=1S/C13H21N3O2/c1-13(8-17-7-10(13)14)12-15-11(16-18-12)9-5-3-2-4-6-9/h9-10H,2-8,14H2,1H3. The Kier molecular flexibility index (Phi) is 3.11. The van der Waals surface area contributed by atoms with Crippen LogP contribution in [-0.2, 0) is 10.2 Å². The maximum Gasteiger partial charge on any atom is 0.236 e. The van der Waals surface area contributed by atoms with Crippen LogP contribution in [0.15, 0.2) is 4.52 Å². The van der Waals surface area contributed by atoms with Crippen molar-refractivity contribution >= 4 is 0 Å². The third kappa shape index (κ3) is 1.95. The second kappa shape index (κ2) is 4.63. The molecule has 1 aromatic heterocycles. The number of hydrogen-bond acceptors (Lipinski definition) is 5. The highest BCUT2D eigenvalue weighted by molar-refractivity contribution is 5.12. The van der Waals surface area contributed by atoms with Gasteiger partial charge in [0.1, 0.15) is 0 Å². The van der Waals surface area contributed by atoms with Crippen molar-refractivity contribution in [3.05, 3.63) is 11.7 Å². The molecule has 1 aromatic rings. The molecule has 2 fully saturated rings. The Morgan fingerprint density at radius 2 is 2.06 bits per heavy atom. The van der Waals surface area contributed by atoms with Gasteiger partial charge < -0.3 is 15.0 Å². The van der Waals surface area contributed by atoms with E-state index < -0.39 is 0 Å². The van der Waals surface area contributed by atoms with Crippen molar-refractivity contribution in [2.24, 2.45) is 5.73 Å². The fourth-order valence-corrected chi connectivity index (χ4v) is 2.90. The third-order valence-electron chi connectivity index (χ3n) is 4.42. The molecule has 0 bridgehead atoms. The molecule has 2 atom stereocenters. The van der Waals surface area contributed by atoms with E-state index in [0.29, 0.717) is 25.0 Å². The number of nitrogens with zero attached hydrogens (tertiary/aromatic N) is 2. The molecule has 100 valence electrons. The number of ether oxygens (including phenoxy) is 1. The maximum absolute atomic E-state index is 6.08. The van der Waals surface area contributed by atoms with Crippen LogP contribution in [0.4, 0.5) is 0 Å². The summed E-state index contributed by atoms with van der Waals surface area (Å²) in [4.78, 5) is 4.60. The van der Waals surface area contributed by atoms with Gasteiger partial charge >= 0.3 is 0 Å². The first-order valence-electron chi connectivity index (χ1n) is 6.87. The summed E-state index contributed by atoms with van der Waals surface area (Å²) in [6, 6.07) is -0.0582. The van der Waals surface area contributed by atoms with Crippen LogP contribution in [-0.4, -0.2) is 29.4 Å². The van der Waals surface area contributed by atoms with Gasteiger partial charge in [-0.25, -0.2) is 0 Å². The molecule has 1 saturated carbocycles. The SMILES string of the molecule is CC1(c2nc(C3CCCCC3)no2)COCC1N. The zero-order valence-electron chi connectivity index (χ0n) is 10.9. The van der Waals surface area contributed by atoms with E-state index in [0.717, 1.165) is 5.82 Å². The summed E-state index contributed by atoms with van der Waals surface area (Å²) in [6.45, 7) is 3.18. The van der Waals surface area contributed by atoms with Gasteiger partial charge in [-0.15, -0.1) is 0 Å². The van der Waals surface area contributed by atoms with Crippen LogP contribution >= 0.6 is 0 Å². The van der Waals surface area contributed by atoms with Gasteiger partial charge in [0, 0.05) is 12.0 Å². The Morgan fingerprint density at radius 3 is 2.72 bits per heavy atom. The first-order chi connectivity index (χ1) is 8.70. The van der Waals surface area contributed by atoms with Crippen LogP contribution in [0.2, 0.25) is 0 Å². The largest absolute Gasteiger partial charge is 0.379 e. The molecular weight excluding hydrogens is 230 g/mol. The van der Waals surface area contributed by atoms with Gasteiger partial charge in [-0.3, -0.25) is 0 Å². The normalized spacial score (nSPS) is 34.0. The summed E-state index contributed by atoms with van der Waals surface area (Å²) in [5, 5.41) is 4.17. The third-order valence-corrected chi connectivity index (χ3v) is 4.42. The van der Waals surface area contributed by atoms with E-state index in [9.17, 15) is 0 Å². The zero-order chi connectivity index (χ0) is 12.6. The van der Waals surface area contributed by atoms with Crippen molar-refractivity contribution in [3.8, 4) is 0 Å². The lowest BCUT2D eigenvalue weighted by atomic mass is 9.85. The summed E-state index contributed by atoms with van der Waals surface area (Å²) >= 11 is 0. The predicted molar refractivity (Wildman–Crippen MR) is 66.3 cm³/mol. The molecule has 2 heterocycles. The Labute approximate surface area is 107 Å². The minimum absolute atomic E-state index is 0.0582. The minimum atomic E-state index is -0.320. The highest BCUT2D eigenvalue weighted by Crippen LogP contribution is 2.34. The lowest BCUT2D eigenvalue weighted by molar-refractivity contribution is 0.169. The van der Waals surface area contributed by atoms with Gasteiger partial charge in [0.15, 0.2) is 5.82 Å². The second-order valence-electron chi connectivity index (χ2n) is 5.83. The van der Waals surface area contributed by atoms with Crippen LogP contribution in [0, 0.1) is 0 Å². The van der Waals surface area contributed by atoms with E-state index in [1.54, 1.807) is 0 Å². The van der Waals surface area contributed by atoms with Crippen molar-refractivity contribution in [2.75, 3.05) is 13.2 Å². The first-order valence-corrected chi connectivity index (χ1v) is 6.87. The first kappa shape index (κ1) is 12.1. The van der Waals surface area contributed by atoms with Gasteiger partial charge in [0.2, 0.25) is 5.89 Å². The molecule has 18 heavy (non-hydrogen) atoms. The molecule has 5 heteroatoms. The van der Waals surface area contributed by atoms with Crippen LogP contribution in [0.25, 0.3) is 0 Å². The van der Waals surface area contributed by atoms with Gasteiger partial charge in [0.05, 0.1) is 18.6 Å². The molecule has 0 spiro atoms. The fraction of sp³-hybridized carbons (Fsp3) is 0.846. The zero-order valence-corrected chi connectivity index (χ0v) is 10.9. The van der Waals surface area contributed by atoms with Crippen molar-refractivity contribution in [3.63, 3.8) is 0 Å². The van der Waals surface area contributed by atoms with Gasteiger partial charge in [-0.1, -0.05) is 24.4 Å². The molecule has 2 unspecified atom stereocenters. The molecule has 0 amide bonds. The van der Waals surface area contributed by atoms with Crippen LogP contribution in [0.3, 0.4) is 0 Å². The molecule has 5 nitrogen and oxygen atoms in total. The molecule has 1 aliphatic carbocycles. The van der Waals surface area contributed by atoms with Crippen LogP contribution in [0.5, 0.6) is 0 Å². The Morgan fingerprint density at radius 1 is 1.28 bits per heavy atom. The quantitative estimate of drug-likeness (QED) is 0.866. The summed E-state index contributed by atoms with van der Waals surface area (Å²) in [5.41, 5.74) is 5.76. The predicted octanol–water partition coefficient (Wildman–Crippen LogP) is 1.73. The molecule has 1 saturated heterocycles. The molecule has 0 aromatic carbocycles. The minimum Gasteiger partial charge on any atom is -0.379 e. The second-order valence-corrected chi connectivity index (χ2v) is 5.83. The molecule has 2 N–H and O–H groups in total. The molecule has 0 radical (unpaired) electrons. The average molecular weight is 251 g/mol. The number of rotatable bonds is 2. The Bertz CT molecular complexity index is 414. The number of nitrogens with two attached hydrogens (primary N) is 1. The Balaban J connectivity index is 1.80. The summed E-state index contributed by atoms with van der Waals surface area (Å²) < 4.78 is 10.9. The summed E-state index contributed by atoms with van der Waals surface area (Å²) in [5.74, 6) is 1.98. The monoisotopic (exact) mass is 251 g/mol. The van der Waals surface area contributed by atoms with Crippen molar-refractivity contribution in [1.82, 2.24) is 10.1 Å². The van der Waals surface area contributed by atoms with Crippen molar-refractivity contribution in [2.45, 2.75) is 56.4 Å². The van der Waals surface area contributed by atoms with Crippen molar-refractivity contribution in [1.29, 1.82) is 0 Å². The lowest BCUT2D eigenvalue weighted by Crippen LogP contribution is -2.42. The van der Waals surface area contributed by atoms with E-state index in [2.05, 4.69) is 10.1 Å². The molecule has 2 aliphatic rings. The van der Waals surface area contributed by atoms with E-state index >= 15 is 0 Å². The maximum atomic E-state index is 6.08. The fourth-order valence-electron chi connectivity index (χ4n) is 2.90. The van der Waals surface area contributed by atoms with Gasteiger partial charge in [-0.05, 0) is 19.8 Å². The van der Waals surface area contributed by atoms with E-state index in [-0.39, 0.29) is 11.5 Å². The highest BCUT2D eigenvalue weighted by atomic mass is 16.5. The van der Waals surface area contributed by atoms with Gasteiger partial charge in [-0.2, -0.15) is 4.98 Å². The van der Waals surface area contributed by atoms with E-state index in [1.807, 2.05) is 6.92 Å². The summed E-state index contributed by atoms with van der Waals surface area (Å²) in [6.07, 6.45) is 6.23. The lowest BCUT2D eigenvalue weighted by Gasteiger charge is -2.21. The highest BCUT2D eigenvalue weighted by Gasteiger charge is 2.44. The topological polar surface area (TPSA) is 74.2 Å². The molecule has 3 rings (SSSR count). The van der Waals surface area contributed by atoms with E-state index in [4.69, 9.17) is 15.0 Å². The van der Waals surface area contributed by atoms with E-state index in [1.165, 1.54) is 32.1 Å². The number of aromatic nitrogens is 2. The average Bonchev–Trinajstić information content (AvgIpc) is 3.00. The smallest absolute Gasteiger partial charge is 0.236 e. The summed E-state index contributed by atoms with van der Waals surface area (Å²) in [7, 11) is 0. The van der Waals surface area contributed by atoms with Crippen LogP contribution in [0.1, 0.15) is 56.7 Å². The van der Waals surface area contributed by atoms with Crippen LogP contribution < -0.4 is 5.73 Å². The van der Waals surface area contributed by atoms with Gasteiger partial charge in [0.25, 0.3) is 0 Å². The Hall–Kier alpha value is -0.940.